The molecule has 2 aromatic rings. The van der Waals surface area contributed by atoms with Crippen LogP contribution in [0.1, 0.15) is 12.5 Å². The molecule has 10 heteroatoms. The van der Waals surface area contributed by atoms with Crippen LogP contribution in [-0.2, 0) is 11.0 Å². The Balaban J connectivity index is 2.43. The zero-order chi connectivity index (χ0) is 16.7. The fraction of sp³-hybridized carbons (Fsp3) is 0.417. The van der Waals surface area contributed by atoms with E-state index in [1.54, 1.807) is 21.0 Å². The molecule has 0 saturated carbocycles. The molecule has 1 unspecified atom stereocenters. The van der Waals surface area contributed by atoms with Crippen LogP contribution >= 0.6 is 23.4 Å². The lowest BCUT2D eigenvalue weighted by Crippen LogP contribution is -2.29. The van der Waals surface area contributed by atoms with Crippen molar-refractivity contribution in [3.63, 3.8) is 0 Å². The molecule has 0 spiro atoms. The van der Waals surface area contributed by atoms with Gasteiger partial charge in [-0.15, -0.1) is 10.2 Å². The summed E-state index contributed by atoms with van der Waals surface area (Å²) in [6.45, 7) is 1.64. The van der Waals surface area contributed by atoms with Gasteiger partial charge >= 0.3 is 6.18 Å². The van der Waals surface area contributed by atoms with E-state index in [1.165, 1.54) is 4.90 Å². The first-order valence-corrected chi connectivity index (χ1v) is 7.36. The van der Waals surface area contributed by atoms with Crippen molar-refractivity contribution in [3.05, 3.63) is 22.8 Å². The van der Waals surface area contributed by atoms with Gasteiger partial charge in [0.05, 0.1) is 15.8 Å². The highest BCUT2D eigenvalue weighted by Crippen LogP contribution is 2.33. The molecule has 0 N–H and O–H groups in total. The third-order valence-corrected chi connectivity index (χ3v) is 4.15. The maximum absolute atomic E-state index is 12.8. The number of carbonyl (C=O) groups is 1. The van der Waals surface area contributed by atoms with Crippen molar-refractivity contribution in [1.29, 1.82) is 0 Å². The quantitative estimate of drug-likeness (QED) is 0.797. The highest BCUT2D eigenvalue weighted by Gasteiger charge is 2.32. The summed E-state index contributed by atoms with van der Waals surface area (Å²) >= 11 is 6.84. The molecule has 0 aliphatic heterocycles. The number of hydrogen-bond acceptors (Lipinski definition) is 4. The van der Waals surface area contributed by atoms with Crippen molar-refractivity contribution in [3.8, 4) is 0 Å². The van der Waals surface area contributed by atoms with E-state index >= 15 is 0 Å². The van der Waals surface area contributed by atoms with E-state index in [9.17, 15) is 18.0 Å². The molecule has 0 bridgehead atoms. The fourth-order valence-corrected chi connectivity index (χ4v) is 2.96. The van der Waals surface area contributed by atoms with E-state index in [2.05, 4.69) is 10.2 Å². The normalized spacial score (nSPS) is 13.4. The van der Waals surface area contributed by atoms with Gasteiger partial charge in [-0.05, 0) is 13.0 Å². The minimum Gasteiger partial charge on any atom is -0.348 e. The molecule has 120 valence electrons. The van der Waals surface area contributed by atoms with Gasteiger partial charge in [0.15, 0.2) is 10.8 Å². The summed E-state index contributed by atoms with van der Waals surface area (Å²) in [7, 11) is 3.19. The van der Waals surface area contributed by atoms with Gasteiger partial charge in [0.1, 0.15) is 0 Å². The Bertz CT molecular complexity index is 716. The number of amides is 1. The standard InChI is InChI=1S/C12H12ClF3N4OS/c1-6(10(21)19(2)3)22-11-18-17-9-8(13)4-7(5-20(9)11)12(14,15)16/h4-6H,1-3H3. The van der Waals surface area contributed by atoms with Crippen molar-refractivity contribution in [2.24, 2.45) is 0 Å². The topological polar surface area (TPSA) is 50.5 Å². The van der Waals surface area contributed by atoms with Crippen LogP contribution in [0.25, 0.3) is 5.65 Å². The first-order valence-electron chi connectivity index (χ1n) is 6.10. The predicted octanol–water partition coefficient (Wildman–Crippen LogP) is 2.97. The molecule has 0 aliphatic carbocycles. The Kier molecular flexibility index (Phi) is 4.57. The summed E-state index contributed by atoms with van der Waals surface area (Å²) < 4.78 is 39.7. The molecule has 0 fully saturated rings. The van der Waals surface area contributed by atoms with Gasteiger partial charge in [-0.2, -0.15) is 13.2 Å². The lowest BCUT2D eigenvalue weighted by molar-refractivity contribution is -0.138. The van der Waals surface area contributed by atoms with Crippen LogP contribution in [0.15, 0.2) is 17.4 Å². The van der Waals surface area contributed by atoms with Gasteiger partial charge in [-0.25, -0.2) is 0 Å². The summed E-state index contributed by atoms with van der Waals surface area (Å²) in [4.78, 5) is 13.2. The third-order valence-electron chi connectivity index (χ3n) is 2.83. The molecule has 1 atom stereocenters. The molecule has 0 aliphatic rings. The first kappa shape index (κ1) is 16.9. The molecular weight excluding hydrogens is 341 g/mol. The van der Waals surface area contributed by atoms with E-state index in [0.29, 0.717) is 0 Å². The van der Waals surface area contributed by atoms with Crippen molar-refractivity contribution in [2.75, 3.05) is 14.1 Å². The summed E-state index contributed by atoms with van der Waals surface area (Å²) in [6, 6.07) is 0.800. The maximum atomic E-state index is 12.8. The fourth-order valence-electron chi connectivity index (χ4n) is 1.74. The number of pyridine rings is 1. The Labute approximate surface area is 133 Å². The summed E-state index contributed by atoms with van der Waals surface area (Å²) in [6.07, 6.45) is -3.66. The number of halogens is 4. The molecular formula is C12H12ClF3N4OS. The van der Waals surface area contributed by atoms with Gasteiger partial charge in [0.25, 0.3) is 0 Å². The molecule has 2 rings (SSSR count). The molecule has 22 heavy (non-hydrogen) atoms. The van der Waals surface area contributed by atoms with Gasteiger partial charge in [0.2, 0.25) is 5.91 Å². The predicted molar refractivity (Wildman–Crippen MR) is 77.0 cm³/mol. The van der Waals surface area contributed by atoms with Gasteiger partial charge in [-0.3, -0.25) is 9.20 Å². The van der Waals surface area contributed by atoms with Gasteiger partial charge in [-0.1, -0.05) is 23.4 Å². The first-order chi connectivity index (χ1) is 10.1. The summed E-state index contributed by atoms with van der Waals surface area (Å²) in [5, 5.41) is 7.08. The zero-order valence-corrected chi connectivity index (χ0v) is 13.4. The highest BCUT2D eigenvalue weighted by molar-refractivity contribution is 8.00. The average molecular weight is 353 g/mol. The summed E-state index contributed by atoms with van der Waals surface area (Å²) in [5.41, 5.74) is -0.792. The number of carbonyl (C=O) groups excluding carboxylic acids is 1. The molecule has 0 aromatic carbocycles. The van der Waals surface area contributed by atoms with Gasteiger partial charge in [0, 0.05) is 20.3 Å². The lowest BCUT2D eigenvalue weighted by atomic mass is 10.3. The third kappa shape index (κ3) is 3.30. The van der Waals surface area contributed by atoms with Crippen LogP contribution in [0.2, 0.25) is 5.02 Å². The molecule has 5 nitrogen and oxygen atoms in total. The second kappa shape index (κ2) is 5.96. The van der Waals surface area contributed by atoms with Crippen molar-refractivity contribution < 1.29 is 18.0 Å². The monoisotopic (exact) mass is 352 g/mol. The van der Waals surface area contributed by atoms with Crippen LogP contribution in [0.3, 0.4) is 0 Å². The second-order valence-electron chi connectivity index (χ2n) is 4.74. The van der Waals surface area contributed by atoms with Crippen LogP contribution in [0.4, 0.5) is 13.2 Å². The number of rotatable bonds is 3. The minimum atomic E-state index is -4.53. The number of nitrogens with zero attached hydrogens (tertiary/aromatic N) is 4. The maximum Gasteiger partial charge on any atom is 0.417 e. The van der Waals surface area contributed by atoms with E-state index in [-0.39, 0.29) is 21.7 Å². The van der Waals surface area contributed by atoms with Crippen molar-refractivity contribution >= 4 is 34.9 Å². The Morgan fingerprint density at radius 1 is 1.41 bits per heavy atom. The number of thioether (sulfide) groups is 1. The number of fused-ring (bicyclic) bond motifs is 1. The molecule has 2 heterocycles. The van der Waals surface area contributed by atoms with Crippen LogP contribution < -0.4 is 0 Å². The van der Waals surface area contributed by atoms with Crippen LogP contribution in [0, 0.1) is 0 Å². The van der Waals surface area contributed by atoms with Crippen molar-refractivity contribution in [2.45, 2.75) is 23.5 Å². The Hall–Kier alpha value is -1.48. The molecule has 0 saturated heterocycles. The molecule has 2 aromatic heterocycles. The largest absolute Gasteiger partial charge is 0.417 e. The van der Waals surface area contributed by atoms with Gasteiger partial charge < -0.3 is 4.90 Å². The van der Waals surface area contributed by atoms with Crippen molar-refractivity contribution in [1.82, 2.24) is 19.5 Å². The van der Waals surface area contributed by atoms with E-state index in [1.807, 2.05) is 0 Å². The Morgan fingerprint density at radius 3 is 2.59 bits per heavy atom. The molecule has 0 radical (unpaired) electrons. The van der Waals surface area contributed by atoms with Crippen LogP contribution in [-0.4, -0.2) is 44.8 Å². The van der Waals surface area contributed by atoms with Crippen LogP contribution in [0.5, 0.6) is 0 Å². The summed E-state index contributed by atoms with van der Waals surface area (Å²) in [5.74, 6) is -0.181. The molecule has 1 amide bonds. The highest BCUT2D eigenvalue weighted by atomic mass is 35.5. The van der Waals surface area contributed by atoms with E-state index in [4.69, 9.17) is 11.6 Å². The Morgan fingerprint density at radius 2 is 2.05 bits per heavy atom. The SMILES string of the molecule is CC(Sc1nnc2c(Cl)cc(C(F)(F)F)cn12)C(=O)N(C)C. The second-order valence-corrected chi connectivity index (χ2v) is 6.46. The number of hydrogen-bond donors (Lipinski definition) is 0. The zero-order valence-electron chi connectivity index (χ0n) is 11.8. The number of aromatic nitrogens is 3. The average Bonchev–Trinajstić information content (AvgIpc) is 2.80. The van der Waals surface area contributed by atoms with E-state index < -0.39 is 17.0 Å². The number of alkyl halides is 3. The van der Waals surface area contributed by atoms with E-state index in [0.717, 1.165) is 28.4 Å². The smallest absolute Gasteiger partial charge is 0.348 e. The lowest BCUT2D eigenvalue weighted by Gasteiger charge is -2.15. The minimum absolute atomic E-state index is 0.113.